The Bertz CT molecular complexity index is 683. The Morgan fingerprint density at radius 2 is 2.32 bits per heavy atom. The van der Waals surface area contributed by atoms with E-state index in [2.05, 4.69) is 19.1 Å². The van der Waals surface area contributed by atoms with Crippen molar-refractivity contribution in [3.8, 4) is 0 Å². The summed E-state index contributed by atoms with van der Waals surface area (Å²) >= 11 is 7.30. The van der Waals surface area contributed by atoms with E-state index in [9.17, 15) is 4.79 Å². The normalized spacial score (nSPS) is 14.8. The number of carbonyl (C=O) groups is 1. The van der Waals surface area contributed by atoms with E-state index in [-0.39, 0.29) is 5.91 Å². The van der Waals surface area contributed by atoms with Crippen molar-refractivity contribution in [1.82, 2.24) is 13.6 Å². The molecule has 1 aliphatic rings. The molecular weight excluding hydrogens is 286 g/mol. The van der Waals surface area contributed by atoms with Gasteiger partial charge in [-0.15, -0.1) is 0 Å². The molecule has 0 radical (unpaired) electrons. The largest absolute Gasteiger partial charge is 0.323 e. The van der Waals surface area contributed by atoms with Gasteiger partial charge in [0.05, 0.1) is 29.0 Å². The number of guanidine groups is 1. The third-order valence-corrected chi connectivity index (χ3v) is 3.69. The predicted molar refractivity (Wildman–Crippen MR) is 75.7 cm³/mol. The molecule has 0 bridgehead atoms. The average molecular weight is 296 g/mol. The highest BCUT2D eigenvalue weighted by Crippen LogP contribution is 2.30. The fourth-order valence-electron chi connectivity index (χ4n) is 1.92. The van der Waals surface area contributed by atoms with E-state index in [1.54, 1.807) is 11.0 Å². The molecule has 1 N–H and O–H groups in total. The van der Waals surface area contributed by atoms with E-state index in [1.807, 2.05) is 6.07 Å². The van der Waals surface area contributed by atoms with Crippen molar-refractivity contribution < 1.29 is 4.79 Å². The van der Waals surface area contributed by atoms with Gasteiger partial charge in [-0.1, -0.05) is 11.6 Å². The van der Waals surface area contributed by atoms with Crippen LogP contribution in [-0.2, 0) is 4.79 Å². The molecule has 98 valence electrons. The molecule has 1 aromatic carbocycles. The van der Waals surface area contributed by atoms with Gasteiger partial charge in [-0.05, 0) is 12.1 Å². The average Bonchev–Trinajstić information content (AvgIpc) is 3.01. The first kappa shape index (κ1) is 12.3. The van der Waals surface area contributed by atoms with Gasteiger partial charge in [-0.2, -0.15) is 8.75 Å². The third-order valence-electron chi connectivity index (χ3n) is 2.83. The molecule has 0 atom stereocenters. The molecule has 19 heavy (non-hydrogen) atoms. The molecule has 0 spiro atoms. The smallest absolute Gasteiger partial charge is 0.226 e. The van der Waals surface area contributed by atoms with Crippen molar-refractivity contribution in [2.75, 3.05) is 18.4 Å². The van der Waals surface area contributed by atoms with Gasteiger partial charge in [0, 0.05) is 13.5 Å². The first-order valence-electron chi connectivity index (χ1n) is 5.67. The number of anilines is 1. The zero-order chi connectivity index (χ0) is 13.4. The lowest BCUT2D eigenvalue weighted by atomic mass is 10.2. The molecular formula is C11H10ClN5OS. The molecule has 1 aliphatic heterocycles. The minimum atomic E-state index is -0.0524. The van der Waals surface area contributed by atoms with Crippen LogP contribution in [0.3, 0.4) is 0 Å². The summed E-state index contributed by atoms with van der Waals surface area (Å²) in [6, 6.07) is 3.56. The molecule has 3 rings (SSSR count). The van der Waals surface area contributed by atoms with Crippen LogP contribution in [0.5, 0.6) is 0 Å². The quantitative estimate of drug-likeness (QED) is 0.873. The van der Waals surface area contributed by atoms with Gasteiger partial charge >= 0.3 is 0 Å². The lowest BCUT2D eigenvalue weighted by Gasteiger charge is -2.17. The van der Waals surface area contributed by atoms with Crippen molar-refractivity contribution in [3.63, 3.8) is 0 Å². The van der Waals surface area contributed by atoms with Crippen LogP contribution >= 0.6 is 23.3 Å². The van der Waals surface area contributed by atoms with E-state index < -0.39 is 0 Å². The summed E-state index contributed by atoms with van der Waals surface area (Å²) in [6.45, 7) is 2.68. The maximum absolute atomic E-state index is 11.5. The predicted octanol–water partition coefficient (Wildman–Crippen LogP) is 1.97. The Kier molecular flexibility index (Phi) is 3.08. The molecule has 0 aliphatic carbocycles. The molecule has 6 nitrogen and oxygen atoms in total. The zero-order valence-corrected chi connectivity index (χ0v) is 11.6. The number of nitrogens with zero attached hydrogens (tertiary/aromatic N) is 4. The van der Waals surface area contributed by atoms with E-state index >= 15 is 0 Å². The van der Waals surface area contributed by atoms with Crippen molar-refractivity contribution in [2.45, 2.75) is 6.92 Å². The SMILES string of the molecule is CC(=O)N1CCN=C1Nc1c(Cl)ccc2nsnc12. The second kappa shape index (κ2) is 4.75. The van der Waals surface area contributed by atoms with Crippen LogP contribution in [-0.4, -0.2) is 38.6 Å². The Morgan fingerprint density at radius 3 is 3.11 bits per heavy atom. The molecule has 1 aromatic heterocycles. The number of hydrogen-bond acceptors (Lipinski definition) is 6. The van der Waals surface area contributed by atoms with Gasteiger partial charge < -0.3 is 5.32 Å². The number of amides is 1. The fraction of sp³-hybridized carbons (Fsp3) is 0.273. The van der Waals surface area contributed by atoms with Crippen molar-refractivity contribution >= 4 is 51.9 Å². The lowest BCUT2D eigenvalue weighted by Crippen LogP contribution is -2.36. The first-order valence-corrected chi connectivity index (χ1v) is 6.78. The minimum absolute atomic E-state index is 0.0524. The summed E-state index contributed by atoms with van der Waals surface area (Å²) < 4.78 is 8.38. The molecule has 8 heteroatoms. The fourth-order valence-corrected chi connectivity index (χ4v) is 2.66. The highest BCUT2D eigenvalue weighted by molar-refractivity contribution is 7.00. The topological polar surface area (TPSA) is 70.5 Å². The van der Waals surface area contributed by atoms with Crippen molar-refractivity contribution in [2.24, 2.45) is 4.99 Å². The summed E-state index contributed by atoms with van der Waals surface area (Å²) in [5.41, 5.74) is 2.10. The van der Waals surface area contributed by atoms with Gasteiger partial charge in [0.1, 0.15) is 11.0 Å². The standard InChI is InChI=1S/C11H10ClN5OS/c1-6(18)17-5-4-13-11(17)14-9-7(12)2-3-8-10(9)16-19-15-8/h2-3H,4-5H2,1H3,(H,13,14). The Balaban J connectivity index is 1.99. The van der Waals surface area contributed by atoms with E-state index in [1.165, 1.54) is 6.92 Å². The van der Waals surface area contributed by atoms with Crippen molar-refractivity contribution in [1.29, 1.82) is 0 Å². The second-order valence-electron chi connectivity index (χ2n) is 4.06. The van der Waals surface area contributed by atoms with Gasteiger partial charge in [0.15, 0.2) is 0 Å². The number of aliphatic imine (C=N–C) groups is 1. The van der Waals surface area contributed by atoms with Crippen LogP contribution in [0.1, 0.15) is 6.92 Å². The molecule has 2 heterocycles. The molecule has 1 amide bonds. The maximum atomic E-state index is 11.5. The van der Waals surface area contributed by atoms with Crippen LogP contribution in [0, 0.1) is 0 Å². The number of hydrogen-bond donors (Lipinski definition) is 1. The van der Waals surface area contributed by atoms with Gasteiger partial charge in [0.25, 0.3) is 0 Å². The van der Waals surface area contributed by atoms with Crippen LogP contribution < -0.4 is 5.32 Å². The number of carbonyl (C=O) groups excluding carboxylic acids is 1. The monoisotopic (exact) mass is 295 g/mol. The van der Waals surface area contributed by atoms with E-state index in [4.69, 9.17) is 11.6 Å². The number of aromatic nitrogens is 2. The number of nitrogens with one attached hydrogen (secondary N) is 1. The second-order valence-corrected chi connectivity index (χ2v) is 4.99. The van der Waals surface area contributed by atoms with Gasteiger partial charge in [0.2, 0.25) is 11.9 Å². The molecule has 0 saturated heterocycles. The summed E-state index contributed by atoms with van der Waals surface area (Å²) in [5, 5.41) is 3.62. The summed E-state index contributed by atoms with van der Waals surface area (Å²) in [7, 11) is 0. The number of fused-ring (bicyclic) bond motifs is 1. The summed E-state index contributed by atoms with van der Waals surface area (Å²) in [6.07, 6.45) is 0. The number of halogens is 1. The lowest BCUT2D eigenvalue weighted by molar-refractivity contribution is -0.124. The van der Waals surface area contributed by atoms with Crippen LogP contribution in [0.25, 0.3) is 11.0 Å². The first-order chi connectivity index (χ1) is 9.16. The van der Waals surface area contributed by atoms with Crippen LogP contribution in [0.15, 0.2) is 17.1 Å². The zero-order valence-electron chi connectivity index (χ0n) is 10.1. The van der Waals surface area contributed by atoms with Crippen molar-refractivity contribution in [3.05, 3.63) is 17.2 Å². The van der Waals surface area contributed by atoms with E-state index in [0.29, 0.717) is 35.3 Å². The maximum Gasteiger partial charge on any atom is 0.226 e. The van der Waals surface area contributed by atoms with Gasteiger partial charge in [-0.25, -0.2) is 0 Å². The Morgan fingerprint density at radius 1 is 1.47 bits per heavy atom. The van der Waals surface area contributed by atoms with E-state index in [0.717, 1.165) is 17.2 Å². The molecule has 0 fully saturated rings. The Hall–Kier alpha value is -1.73. The highest BCUT2D eigenvalue weighted by Gasteiger charge is 2.22. The van der Waals surface area contributed by atoms with Gasteiger partial charge in [-0.3, -0.25) is 14.7 Å². The molecule has 0 unspecified atom stereocenters. The van der Waals surface area contributed by atoms with Crippen LogP contribution in [0.4, 0.5) is 5.69 Å². The number of rotatable bonds is 1. The Labute approximate surface area is 118 Å². The summed E-state index contributed by atoms with van der Waals surface area (Å²) in [4.78, 5) is 17.3. The van der Waals surface area contributed by atoms with Crippen LogP contribution in [0.2, 0.25) is 5.02 Å². The summed E-state index contributed by atoms with van der Waals surface area (Å²) in [5.74, 6) is 0.457. The minimum Gasteiger partial charge on any atom is -0.323 e. The highest BCUT2D eigenvalue weighted by atomic mass is 35.5. The molecule has 2 aromatic rings. The molecule has 0 saturated carbocycles. The third kappa shape index (κ3) is 2.15. The number of benzene rings is 1.